The van der Waals surface area contributed by atoms with Crippen molar-refractivity contribution in [3.63, 3.8) is 0 Å². The van der Waals surface area contributed by atoms with E-state index in [0.29, 0.717) is 17.8 Å². The van der Waals surface area contributed by atoms with Crippen molar-refractivity contribution in [1.82, 2.24) is 30.0 Å². The topological polar surface area (TPSA) is 89.9 Å². The lowest BCUT2D eigenvalue weighted by atomic mass is 10.1. The molecule has 1 aliphatic heterocycles. The molecular formula is C15H16N6O2. The van der Waals surface area contributed by atoms with Crippen molar-refractivity contribution in [3.8, 4) is 0 Å². The molecule has 118 valence electrons. The van der Waals surface area contributed by atoms with Gasteiger partial charge in [-0.2, -0.15) is 0 Å². The van der Waals surface area contributed by atoms with Crippen LogP contribution in [0, 0.1) is 6.92 Å². The number of carbonyl (C=O) groups is 1. The number of likely N-dealkylation sites (tertiary alicyclic amines) is 1. The molecule has 0 saturated carbocycles. The highest BCUT2D eigenvalue weighted by molar-refractivity contribution is 5.97. The van der Waals surface area contributed by atoms with E-state index >= 15 is 0 Å². The third-order valence-corrected chi connectivity index (χ3v) is 4.26. The standard InChI is InChI=1S/C15H16N6O2/c1-10-13-7-11(8-16-14(13)23-18-10)15(22)21-5-2-3-12(21)9-20-6-4-17-19-20/h4,6-8,12H,2-3,5,9H2,1H3/t12-/m0/s1. The summed E-state index contributed by atoms with van der Waals surface area (Å²) < 4.78 is 6.86. The van der Waals surface area contributed by atoms with Crippen LogP contribution in [0.4, 0.5) is 0 Å². The summed E-state index contributed by atoms with van der Waals surface area (Å²) in [5.41, 5.74) is 1.76. The van der Waals surface area contributed by atoms with Gasteiger partial charge in [-0.3, -0.25) is 9.48 Å². The van der Waals surface area contributed by atoms with Gasteiger partial charge in [0.05, 0.1) is 35.4 Å². The van der Waals surface area contributed by atoms with Gasteiger partial charge in [0.15, 0.2) is 0 Å². The third kappa shape index (κ3) is 2.45. The van der Waals surface area contributed by atoms with E-state index in [1.54, 1.807) is 23.1 Å². The number of carbonyl (C=O) groups excluding carboxylic acids is 1. The van der Waals surface area contributed by atoms with Crippen LogP contribution < -0.4 is 0 Å². The zero-order chi connectivity index (χ0) is 15.8. The smallest absolute Gasteiger partial charge is 0.257 e. The van der Waals surface area contributed by atoms with Crippen LogP contribution in [0.5, 0.6) is 0 Å². The minimum atomic E-state index is -0.0115. The first-order valence-corrected chi connectivity index (χ1v) is 7.59. The second-order valence-corrected chi connectivity index (χ2v) is 5.76. The molecule has 0 N–H and O–H groups in total. The number of aryl methyl sites for hydroxylation is 1. The third-order valence-electron chi connectivity index (χ3n) is 4.26. The quantitative estimate of drug-likeness (QED) is 0.726. The van der Waals surface area contributed by atoms with Gasteiger partial charge in [-0.05, 0) is 25.8 Å². The van der Waals surface area contributed by atoms with Crippen LogP contribution in [0.1, 0.15) is 28.9 Å². The Morgan fingerprint density at radius 1 is 1.48 bits per heavy atom. The van der Waals surface area contributed by atoms with E-state index in [1.165, 1.54) is 0 Å². The molecule has 1 saturated heterocycles. The van der Waals surface area contributed by atoms with Crippen LogP contribution in [-0.2, 0) is 6.54 Å². The molecule has 4 rings (SSSR count). The molecule has 8 heteroatoms. The summed E-state index contributed by atoms with van der Waals surface area (Å²) in [6.45, 7) is 3.25. The molecule has 0 aromatic carbocycles. The molecule has 1 amide bonds. The highest BCUT2D eigenvalue weighted by Gasteiger charge is 2.30. The number of amides is 1. The second kappa shape index (κ2) is 5.45. The van der Waals surface area contributed by atoms with E-state index in [1.807, 2.05) is 18.0 Å². The maximum absolute atomic E-state index is 12.9. The summed E-state index contributed by atoms with van der Waals surface area (Å²) in [4.78, 5) is 18.9. The van der Waals surface area contributed by atoms with Crippen LogP contribution in [0.2, 0.25) is 0 Å². The Morgan fingerprint density at radius 3 is 3.22 bits per heavy atom. The summed E-state index contributed by atoms with van der Waals surface area (Å²) in [7, 11) is 0. The summed E-state index contributed by atoms with van der Waals surface area (Å²) in [5, 5.41) is 12.5. The van der Waals surface area contributed by atoms with Gasteiger partial charge in [0.25, 0.3) is 11.6 Å². The summed E-state index contributed by atoms with van der Waals surface area (Å²) in [6.07, 6.45) is 6.98. The highest BCUT2D eigenvalue weighted by atomic mass is 16.5. The number of fused-ring (bicyclic) bond motifs is 1. The SMILES string of the molecule is Cc1noc2ncc(C(=O)N3CCC[C@H]3Cn3ccnn3)cc12. The molecule has 0 unspecified atom stereocenters. The molecule has 0 aliphatic carbocycles. The van der Waals surface area contributed by atoms with Crippen molar-refractivity contribution in [2.45, 2.75) is 32.4 Å². The van der Waals surface area contributed by atoms with Crippen molar-refractivity contribution >= 4 is 17.0 Å². The Labute approximate surface area is 132 Å². The van der Waals surface area contributed by atoms with E-state index in [-0.39, 0.29) is 11.9 Å². The predicted molar refractivity (Wildman–Crippen MR) is 80.6 cm³/mol. The molecule has 23 heavy (non-hydrogen) atoms. The first-order chi connectivity index (χ1) is 11.2. The van der Waals surface area contributed by atoms with Gasteiger partial charge in [-0.25, -0.2) is 4.98 Å². The number of nitrogens with zero attached hydrogens (tertiary/aromatic N) is 6. The lowest BCUT2D eigenvalue weighted by molar-refractivity contribution is 0.0721. The van der Waals surface area contributed by atoms with Crippen molar-refractivity contribution < 1.29 is 9.32 Å². The van der Waals surface area contributed by atoms with E-state index in [2.05, 4.69) is 20.5 Å². The molecule has 1 fully saturated rings. The second-order valence-electron chi connectivity index (χ2n) is 5.76. The Bertz CT molecular complexity index is 841. The number of hydrogen-bond donors (Lipinski definition) is 0. The van der Waals surface area contributed by atoms with Crippen molar-refractivity contribution in [2.75, 3.05) is 6.54 Å². The molecule has 4 heterocycles. The monoisotopic (exact) mass is 312 g/mol. The Hall–Kier alpha value is -2.77. The first kappa shape index (κ1) is 13.9. The fraction of sp³-hybridized carbons (Fsp3) is 0.400. The van der Waals surface area contributed by atoms with Gasteiger partial charge in [0.2, 0.25) is 0 Å². The van der Waals surface area contributed by atoms with E-state index in [9.17, 15) is 4.79 Å². The van der Waals surface area contributed by atoms with Gasteiger partial charge >= 0.3 is 0 Å². The van der Waals surface area contributed by atoms with Crippen molar-refractivity contribution in [2.24, 2.45) is 0 Å². The number of rotatable bonds is 3. The van der Waals surface area contributed by atoms with Crippen molar-refractivity contribution in [1.29, 1.82) is 0 Å². The van der Waals surface area contributed by atoms with Gasteiger partial charge < -0.3 is 9.42 Å². The van der Waals surface area contributed by atoms with Gasteiger partial charge in [-0.15, -0.1) is 5.10 Å². The van der Waals surface area contributed by atoms with Crippen LogP contribution in [0.15, 0.2) is 29.2 Å². The van der Waals surface area contributed by atoms with Gasteiger partial charge in [0, 0.05) is 18.9 Å². The van der Waals surface area contributed by atoms with Crippen LogP contribution in [0.25, 0.3) is 11.1 Å². The Kier molecular flexibility index (Phi) is 3.29. The molecule has 8 nitrogen and oxygen atoms in total. The summed E-state index contributed by atoms with van der Waals surface area (Å²) in [6, 6.07) is 1.94. The largest absolute Gasteiger partial charge is 0.336 e. The van der Waals surface area contributed by atoms with E-state index < -0.39 is 0 Å². The minimum absolute atomic E-state index is 0.0115. The molecule has 3 aromatic rings. The zero-order valence-corrected chi connectivity index (χ0v) is 12.7. The molecule has 1 aliphatic rings. The molecular weight excluding hydrogens is 296 g/mol. The lowest BCUT2D eigenvalue weighted by Crippen LogP contribution is -2.38. The predicted octanol–water partition coefficient (Wildman–Crippen LogP) is 1.43. The van der Waals surface area contributed by atoms with Gasteiger partial charge in [-0.1, -0.05) is 10.4 Å². The highest BCUT2D eigenvalue weighted by Crippen LogP contribution is 2.23. The summed E-state index contributed by atoms with van der Waals surface area (Å²) in [5.74, 6) is -0.0115. The maximum atomic E-state index is 12.9. The first-order valence-electron chi connectivity index (χ1n) is 7.59. The maximum Gasteiger partial charge on any atom is 0.257 e. The molecule has 0 bridgehead atoms. The number of hydrogen-bond acceptors (Lipinski definition) is 6. The van der Waals surface area contributed by atoms with Crippen LogP contribution >= 0.6 is 0 Å². The average molecular weight is 312 g/mol. The fourth-order valence-electron chi connectivity index (χ4n) is 3.07. The minimum Gasteiger partial charge on any atom is -0.336 e. The normalized spacial score (nSPS) is 18.0. The van der Waals surface area contributed by atoms with E-state index in [0.717, 1.165) is 30.5 Å². The van der Waals surface area contributed by atoms with Gasteiger partial charge in [0.1, 0.15) is 0 Å². The lowest BCUT2D eigenvalue weighted by Gasteiger charge is -2.24. The van der Waals surface area contributed by atoms with Crippen LogP contribution in [-0.4, -0.2) is 48.5 Å². The number of pyridine rings is 1. The Morgan fingerprint density at radius 2 is 2.39 bits per heavy atom. The molecule has 3 aromatic heterocycles. The summed E-state index contributed by atoms with van der Waals surface area (Å²) >= 11 is 0. The molecule has 0 spiro atoms. The average Bonchev–Trinajstić information content (AvgIpc) is 3.29. The fourth-order valence-corrected chi connectivity index (χ4v) is 3.07. The van der Waals surface area contributed by atoms with E-state index in [4.69, 9.17) is 4.52 Å². The van der Waals surface area contributed by atoms with Crippen LogP contribution in [0.3, 0.4) is 0 Å². The van der Waals surface area contributed by atoms with Crippen molar-refractivity contribution in [3.05, 3.63) is 35.9 Å². The number of aromatic nitrogens is 5. The zero-order valence-electron chi connectivity index (χ0n) is 12.7. The molecule has 1 atom stereocenters. The molecule has 0 radical (unpaired) electrons. The Balaban J connectivity index is 1.59.